The Morgan fingerprint density at radius 1 is 1.13 bits per heavy atom. The molecular weight excluding hydrogens is 384 g/mol. The molecule has 2 aliphatic heterocycles. The van der Waals surface area contributed by atoms with Crippen molar-refractivity contribution >= 4 is 12.0 Å². The number of amides is 2. The summed E-state index contributed by atoms with van der Waals surface area (Å²) < 4.78 is 7.33. The summed E-state index contributed by atoms with van der Waals surface area (Å²) in [5, 5.41) is 12.0. The van der Waals surface area contributed by atoms with Gasteiger partial charge in [0.05, 0.1) is 12.6 Å². The van der Waals surface area contributed by atoms with E-state index in [1.54, 1.807) is 6.92 Å². The van der Waals surface area contributed by atoms with E-state index in [0.717, 1.165) is 70.1 Å². The van der Waals surface area contributed by atoms with Gasteiger partial charge in [-0.2, -0.15) is 0 Å². The first-order chi connectivity index (χ1) is 14.4. The van der Waals surface area contributed by atoms with Crippen molar-refractivity contribution in [2.24, 2.45) is 5.92 Å². The summed E-state index contributed by atoms with van der Waals surface area (Å²) in [6, 6.07) is 0.363. The Hall–Kier alpha value is -2.16. The van der Waals surface area contributed by atoms with E-state index >= 15 is 0 Å². The molecule has 9 heteroatoms. The Kier molecular flexibility index (Phi) is 7.69. The monoisotopic (exact) mass is 420 g/mol. The molecule has 1 aromatic rings. The number of fused-ring (bicyclic) bond motifs is 1. The van der Waals surface area contributed by atoms with Gasteiger partial charge in [-0.25, -0.2) is 4.79 Å². The van der Waals surface area contributed by atoms with E-state index in [-0.39, 0.29) is 18.0 Å². The predicted molar refractivity (Wildman–Crippen MR) is 113 cm³/mol. The third kappa shape index (κ3) is 5.50. The second-order valence-electron chi connectivity index (χ2n) is 8.71. The zero-order valence-corrected chi connectivity index (χ0v) is 18.8. The van der Waals surface area contributed by atoms with Gasteiger partial charge in [0.1, 0.15) is 5.82 Å². The fraction of sp³-hybridized carbons (Fsp3) is 0.810. The minimum atomic E-state index is -0.197. The molecule has 2 amide bonds. The molecule has 3 rings (SSSR count). The van der Waals surface area contributed by atoms with Crippen LogP contribution >= 0.6 is 0 Å². The Labute approximate surface area is 179 Å². The zero-order valence-electron chi connectivity index (χ0n) is 18.8. The number of aromatic nitrogens is 3. The molecule has 1 fully saturated rings. The van der Waals surface area contributed by atoms with Gasteiger partial charge in [0, 0.05) is 52.1 Å². The standard InChI is InChI=1S/C21H36N6O3/c1-5-30-21(29)26-9-6-17(7-10-26)25-11-8-19-23-24-20(27(19)13-12-25)18(14-15(2)3)22-16(4)28/h15,17-18H,5-14H2,1-4H3,(H,22,28)/t18-/m0/s1. The molecule has 1 saturated heterocycles. The van der Waals surface area contributed by atoms with Gasteiger partial charge in [-0.15, -0.1) is 10.2 Å². The second-order valence-corrected chi connectivity index (χ2v) is 8.71. The van der Waals surface area contributed by atoms with Gasteiger partial charge in [-0.3, -0.25) is 9.69 Å². The summed E-state index contributed by atoms with van der Waals surface area (Å²) in [4.78, 5) is 28.0. The number of hydrogen-bond acceptors (Lipinski definition) is 6. The molecule has 2 aliphatic rings. The molecule has 3 heterocycles. The fourth-order valence-corrected chi connectivity index (χ4v) is 4.56. The van der Waals surface area contributed by atoms with E-state index in [0.29, 0.717) is 18.6 Å². The van der Waals surface area contributed by atoms with Crippen LogP contribution in [0.1, 0.15) is 64.6 Å². The van der Waals surface area contributed by atoms with Crippen LogP contribution in [0.5, 0.6) is 0 Å². The number of nitrogens with one attached hydrogen (secondary N) is 1. The number of nitrogens with zero attached hydrogens (tertiary/aromatic N) is 5. The van der Waals surface area contributed by atoms with Crippen LogP contribution in [0.15, 0.2) is 0 Å². The van der Waals surface area contributed by atoms with E-state index in [1.165, 1.54) is 0 Å². The number of rotatable bonds is 6. The van der Waals surface area contributed by atoms with E-state index in [2.05, 4.69) is 38.8 Å². The van der Waals surface area contributed by atoms with Crippen molar-refractivity contribution < 1.29 is 14.3 Å². The molecule has 0 spiro atoms. The van der Waals surface area contributed by atoms with Crippen molar-refractivity contribution in [3.63, 3.8) is 0 Å². The lowest BCUT2D eigenvalue weighted by atomic mass is 10.0. The highest BCUT2D eigenvalue weighted by atomic mass is 16.6. The normalized spacial score (nSPS) is 19.3. The first kappa shape index (κ1) is 22.5. The highest BCUT2D eigenvalue weighted by molar-refractivity contribution is 5.73. The van der Waals surface area contributed by atoms with Crippen LogP contribution in [0.3, 0.4) is 0 Å². The SMILES string of the molecule is CCOC(=O)N1CCC(N2CCc3nnc([C@H](CC(C)C)NC(C)=O)n3CC2)CC1. The van der Waals surface area contributed by atoms with Crippen LogP contribution < -0.4 is 5.32 Å². The molecule has 30 heavy (non-hydrogen) atoms. The van der Waals surface area contributed by atoms with Gasteiger partial charge in [0.2, 0.25) is 5.91 Å². The summed E-state index contributed by atoms with van der Waals surface area (Å²) in [6.45, 7) is 12.3. The topological polar surface area (TPSA) is 92.6 Å². The number of carbonyl (C=O) groups is 2. The number of piperidine rings is 1. The molecule has 0 saturated carbocycles. The summed E-state index contributed by atoms with van der Waals surface area (Å²) >= 11 is 0. The van der Waals surface area contributed by atoms with Gasteiger partial charge < -0.3 is 19.5 Å². The molecule has 0 unspecified atom stereocenters. The quantitative estimate of drug-likeness (QED) is 0.757. The third-order valence-electron chi connectivity index (χ3n) is 5.99. The van der Waals surface area contributed by atoms with Crippen molar-refractivity contribution in [1.82, 2.24) is 29.9 Å². The molecule has 168 valence electrons. The van der Waals surface area contributed by atoms with Crippen molar-refractivity contribution in [2.75, 3.05) is 32.8 Å². The lowest BCUT2D eigenvalue weighted by Gasteiger charge is -2.37. The molecule has 1 N–H and O–H groups in total. The van der Waals surface area contributed by atoms with E-state index in [9.17, 15) is 9.59 Å². The summed E-state index contributed by atoms with van der Waals surface area (Å²) in [7, 11) is 0. The molecular formula is C21H36N6O3. The van der Waals surface area contributed by atoms with E-state index < -0.39 is 0 Å². The maximum atomic E-state index is 11.9. The van der Waals surface area contributed by atoms with Gasteiger partial charge >= 0.3 is 6.09 Å². The third-order valence-corrected chi connectivity index (χ3v) is 5.99. The first-order valence-corrected chi connectivity index (χ1v) is 11.2. The fourth-order valence-electron chi connectivity index (χ4n) is 4.56. The minimum absolute atomic E-state index is 0.0402. The Bertz CT molecular complexity index is 726. The largest absolute Gasteiger partial charge is 0.450 e. The van der Waals surface area contributed by atoms with Crippen molar-refractivity contribution in [3.05, 3.63) is 11.6 Å². The van der Waals surface area contributed by atoms with Gasteiger partial charge in [-0.05, 0) is 32.1 Å². The Morgan fingerprint density at radius 3 is 2.50 bits per heavy atom. The predicted octanol–water partition coefficient (Wildman–Crippen LogP) is 1.98. The highest BCUT2D eigenvalue weighted by Crippen LogP contribution is 2.24. The smallest absolute Gasteiger partial charge is 0.409 e. The summed E-state index contributed by atoms with van der Waals surface area (Å²) in [6.07, 6.45) is 3.42. The molecule has 0 bridgehead atoms. The maximum absolute atomic E-state index is 11.9. The van der Waals surface area contributed by atoms with Crippen LogP contribution in [0.4, 0.5) is 4.79 Å². The van der Waals surface area contributed by atoms with Crippen molar-refractivity contribution in [3.8, 4) is 0 Å². The highest BCUT2D eigenvalue weighted by Gasteiger charge is 2.30. The van der Waals surface area contributed by atoms with E-state index in [1.807, 2.05) is 11.8 Å². The number of ether oxygens (including phenoxy) is 1. The Morgan fingerprint density at radius 2 is 1.87 bits per heavy atom. The number of carbonyl (C=O) groups excluding carboxylic acids is 2. The summed E-state index contributed by atoms with van der Waals surface area (Å²) in [5.74, 6) is 2.27. The molecule has 0 radical (unpaired) electrons. The van der Waals surface area contributed by atoms with Crippen LogP contribution in [-0.4, -0.2) is 75.4 Å². The van der Waals surface area contributed by atoms with E-state index in [4.69, 9.17) is 4.74 Å². The van der Waals surface area contributed by atoms with Gasteiger partial charge in [-0.1, -0.05) is 13.8 Å². The minimum Gasteiger partial charge on any atom is -0.450 e. The lowest BCUT2D eigenvalue weighted by molar-refractivity contribution is -0.119. The zero-order chi connectivity index (χ0) is 21.7. The average molecular weight is 421 g/mol. The number of hydrogen-bond donors (Lipinski definition) is 1. The van der Waals surface area contributed by atoms with Crippen molar-refractivity contribution in [1.29, 1.82) is 0 Å². The van der Waals surface area contributed by atoms with Crippen LogP contribution in [0.25, 0.3) is 0 Å². The second kappa shape index (κ2) is 10.2. The summed E-state index contributed by atoms with van der Waals surface area (Å²) in [5.41, 5.74) is 0. The van der Waals surface area contributed by atoms with Crippen LogP contribution in [0, 0.1) is 5.92 Å². The van der Waals surface area contributed by atoms with Gasteiger partial charge in [0.25, 0.3) is 0 Å². The molecule has 0 aromatic carbocycles. The lowest BCUT2D eigenvalue weighted by Crippen LogP contribution is -2.47. The van der Waals surface area contributed by atoms with Crippen molar-refractivity contribution in [2.45, 2.75) is 72.0 Å². The molecule has 1 atom stereocenters. The van der Waals surface area contributed by atoms with Crippen LogP contribution in [-0.2, 0) is 22.5 Å². The maximum Gasteiger partial charge on any atom is 0.409 e. The molecule has 1 aromatic heterocycles. The van der Waals surface area contributed by atoms with Gasteiger partial charge in [0.15, 0.2) is 5.82 Å². The number of likely N-dealkylation sites (tertiary alicyclic amines) is 1. The molecule has 9 nitrogen and oxygen atoms in total. The Balaban J connectivity index is 1.62. The molecule has 0 aliphatic carbocycles. The average Bonchev–Trinajstić information content (AvgIpc) is 2.98. The first-order valence-electron chi connectivity index (χ1n) is 11.2. The van der Waals surface area contributed by atoms with Crippen LogP contribution in [0.2, 0.25) is 0 Å².